The van der Waals surface area contributed by atoms with Crippen molar-refractivity contribution < 1.29 is 13.2 Å². The summed E-state index contributed by atoms with van der Waals surface area (Å²) in [6, 6.07) is 20.0. The third-order valence-electron chi connectivity index (χ3n) is 3.91. The summed E-state index contributed by atoms with van der Waals surface area (Å²) in [6.07, 6.45) is 1.41. The van der Waals surface area contributed by atoms with Crippen LogP contribution in [0.4, 0.5) is 5.69 Å². The van der Waals surface area contributed by atoms with Crippen LogP contribution in [0.15, 0.2) is 87.7 Å². The second kappa shape index (κ2) is 8.45. The number of nitrogens with zero attached hydrogens (tertiary/aromatic N) is 2. The molecule has 0 N–H and O–H groups in total. The fourth-order valence-corrected chi connectivity index (χ4v) is 4.73. The van der Waals surface area contributed by atoms with E-state index in [4.69, 9.17) is 4.74 Å². The Bertz CT molecular complexity index is 974. The number of anilines is 1. The molecule has 1 aromatic heterocycles. The molecule has 0 saturated heterocycles. The Labute approximate surface area is 164 Å². The number of hydrogen-bond donors (Lipinski definition) is 0. The minimum absolute atomic E-state index is 0.173. The van der Waals surface area contributed by atoms with Crippen LogP contribution in [0.5, 0.6) is 5.75 Å². The Kier molecular flexibility index (Phi) is 6.03. The Morgan fingerprint density at radius 3 is 2.26 bits per heavy atom. The van der Waals surface area contributed by atoms with E-state index >= 15 is 0 Å². The lowest BCUT2D eigenvalue weighted by Crippen LogP contribution is -2.30. The molecule has 0 aliphatic heterocycles. The van der Waals surface area contributed by atoms with Crippen LogP contribution < -0.4 is 9.04 Å². The van der Waals surface area contributed by atoms with Crippen molar-refractivity contribution in [3.05, 3.63) is 72.9 Å². The van der Waals surface area contributed by atoms with E-state index in [1.165, 1.54) is 22.3 Å². The van der Waals surface area contributed by atoms with Gasteiger partial charge in [-0.1, -0.05) is 30.0 Å². The highest BCUT2D eigenvalue weighted by molar-refractivity contribution is 7.99. The fourth-order valence-electron chi connectivity index (χ4n) is 2.56. The van der Waals surface area contributed by atoms with Gasteiger partial charge < -0.3 is 4.74 Å². The maximum atomic E-state index is 13.0. The van der Waals surface area contributed by atoms with E-state index < -0.39 is 10.0 Å². The van der Waals surface area contributed by atoms with Gasteiger partial charge in [0.15, 0.2) is 0 Å². The van der Waals surface area contributed by atoms with Crippen molar-refractivity contribution >= 4 is 27.5 Å². The van der Waals surface area contributed by atoms with Crippen LogP contribution in [-0.4, -0.2) is 27.1 Å². The summed E-state index contributed by atoms with van der Waals surface area (Å²) in [7, 11) is -2.03. The van der Waals surface area contributed by atoms with Gasteiger partial charge in [0.2, 0.25) is 0 Å². The van der Waals surface area contributed by atoms with Crippen molar-refractivity contribution in [1.82, 2.24) is 4.98 Å². The summed E-state index contributed by atoms with van der Waals surface area (Å²) in [5, 5.41) is 0.724. The number of aromatic nitrogens is 1. The van der Waals surface area contributed by atoms with Gasteiger partial charge in [0.25, 0.3) is 10.0 Å². The summed E-state index contributed by atoms with van der Waals surface area (Å²) in [5.41, 5.74) is 0.636. The third-order valence-corrected chi connectivity index (χ3v) is 6.76. The molecule has 0 aliphatic carbocycles. The zero-order valence-electron chi connectivity index (χ0n) is 15.1. The molecule has 0 spiro atoms. The average Bonchev–Trinajstić information content (AvgIpc) is 2.70. The van der Waals surface area contributed by atoms with E-state index in [0.717, 1.165) is 15.7 Å². The molecule has 3 rings (SSSR count). The number of hydrogen-bond acceptors (Lipinski definition) is 5. The zero-order valence-corrected chi connectivity index (χ0v) is 16.7. The van der Waals surface area contributed by atoms with Crippen LogP contribution in [0.1, 0.15) is 6.92 Å². The van der Waals surface area contributed by atoms with E-state index in [1.54, 1.807) is 31.4 Å². The van der Waals surface area contributed by atoms with E-state index in [1.807, 2.05) is 49.4 Å². The Morgan fingerprint density at radius 2 is 1.70 bits per heavy atom. The first-order valence-electron chi connectivity index (χ1n) is 8.40. The monoisotopic (exact) mass is 400 g/mol. The summed E-state index contributed by atoms with van der Waals surface area (Å²) < 4.78 is 32.5. The second-order valence-electron chi connectivity index (χ2n) is 5.62. The first-order chi connectivity index (χ1) is 13.0. The van der Waals surface area contributed by atoms with E-state index in [9.17, 15) is 8.42 Å². The highest BCUT2D eigenvalue weighted by atomic mass is 32.2. The van der Waals surface area contributed by atoms with Crippen LogP contribution in [0.2, 0.25) is 0 Å². The molecule has 140 valence electrons. The predicted molar refractivity (Wildman–Crippen MR) is 108 cm³/mol. The number of benzene rings is 2. The van der Waals surface area contributed by atoms with Gasteiger partial charge >= 0.3 is 0 Å². The molecular formula is C20H20N2O3S2. The number of sulfonamides is 1. The van der Waals surface area contributed by atoms with Gasteiger partial charge in [0.1, 0.15) is 15.7 Å². The summed E-state index contributed by atoms with van der Waals surface area (Å²) >= 11 is 1.46. The standard InChI is InChI=1S/C20H20N2O3S2/c1-3-22(16-7-5-4-6-8-16)27(23,24)19-13-14-20(21-15-19)26-18-11-9-17(25-2)10-12-18/h4-15H,3H2,1-2H3. The number of ether oxygens (including phenoxy) is 1. The van der Waals surface area contributed by atoms with Gasteiger partial charge in [0.05, 0.1) is 12.8 Å². The maximum absolute atomic E-state index is 13.0. The topological polar surface area (TPSA) is 59.5 Å². The second-order valence-corrected chi connectivity index (χ2v) is 8.57. The summed E-state index contributed by atoms with van der Waals surface area (Å²) in [5.74, 6) is 0.786. The molecule has 2 aromatic carbocycles. The van der Waals surface area contributed by atoms with Crippen molar-refractivity contribution in [1.29, 1.82) is 0 Å². The maximum Gasteiger partial charge on any atom is 0.265 e. The molecule has 0 aliphatic rings. The minimum atomic E-state index is -3.66. The molecule has 0 radical (unpaired) electrons. The number of pyridine rings is 1. The van der Waals surface area contributed by atoms with Crippen LogP contribution in [0, 0.1) is 0 Å². The van der Waals surface area contributed by atoms with Crippen LogP contribution in [-0.2, 0) is 10.0 Å². The molecule has 0 unspecified atom stereocenters. The van der Waals surface area contributed by atoms with Crippen molar-refractivity contribution in [3.8, 4) is 5.75 Å². The van der Waals surface area contributed by atoms with Gasteiger partial charge in [-0.15, -0.1) is 0 Å². The zero-order chi connectivity index (χ0) is 19.3. The van der Waals surface area contributed by atoms with E-state index in [-0.39, 0.29) is 4.90 Å². The van der Waals surface area contributed by atoms with Gasteiger partial charge in [-0.2, -0.15) is 0 Å². The SMILES string of the molecule is CCN(c1ccccc1)S(=O)(=O)c1ccc(Sc2ccc(OC)cc2)nc1. The summed E-state index contributed by atoms with van der Waals surface area (Å²) in [6.45, 7) is 2.15. The molecular weight excluding hydrogens is 380 g/mol. The van der Waals surface area contributed by atoms with Gasteiger partial charge in [0, 0.05) is 17.6 Å². The summed E-state index contributed by atoms with van der Waals surface area (Å²) in [4.78, 5) is 5.49. The minimum Gasteiger partial charge on any atom is -0.497 e. The normalized spacial score (nSPS) is 11.2. The third kappa shape index (κ3) is 4.43. The number of methoxy groups -OCH3 is 1. The quantitative estimate of drug-likeness (QED) is 0.586. The molecule has 27 heavy (non-hydrogen) atoms. The Morgan fingerprint density at radius 1 is 1.00 bits per heavy atom. The van der Waals surface area contributed by atoms with Crippen molar-refractivity contribution in [2.75, 3.05) is 18.0 Å². The molecule has 0 bridgehead atoms. The largest absolute Gasteiger partial charge is 0.497 e. The lowest BCUT2D eigenvalue weighted by Gasteiger charge is -2.22. The predicted octanol–water partition coefficient (Wildman–Crippen LogP) is 4.46. The molecule has 5 nitrogen and oxygen atoms in total. The first kappa shape index (κ1) is 19.3. The van der Waals surface area contributed by atoms with Crippen LogP contribution in [0.25, 0.3) is 0 Å². The number of para-hydroxylation sites is 1. The van der Waals surface area contributed by atoms with Gasteiger partial charge in [-0.25, -0.2) is 13.4 Å². The first-order valence-corrected chi connectivity index (χ1v) is 10.7. The van der Waals surface area contributed by atoms with Crippen molar-refractivity contribution in [3.63, 3.8) is 0 Å². The lowest BCUT2D eigenvalue weighted by molar-refractivity contribution is 0.414. The van der Waals surface area contributed by atoms with E-state index in [0.29, 0.717) is 12.2 Å². The molecule has 0 fully saturated rings. The molecule has 3 aromatic rings. The van der Waals surface area contributed by atoms with Gasteiger partial charge in [-0.3, -0.25) is 4.31 Å². The fraction of sp³-hybridized carbons (Fsp3) is 0.150. The molecule has 0 saturated carbocycles. The molecule has 0 amide bonds. The Balaban J connectivity index is 1.80. The lowest BCUT2D eigenvalue weighted by atomic mass is 10.3. The smallest absolute Gasteiger partial charge is 0.265 e. The Hall–Kier alpha value is -2.51. The van der Waals surface area contributed by atoms with Crippen LogP contribution >= 0.6 is 11.8 Å². The van der Waals surface area contributed by atoms with Crippen molar-refractivity contribution in [2.24, 2.45) is 0 Å². The van der Waals surface area contributed by atoms with Gasteiger partial charge in [-0.05, 0) is 55.5 Å². The van der Waals surface area contributed by atoms with Crippen LogP contribution in [0.3, 0.4) is 0 Å². The molecule has 1 heterocycles. The van der Waals surface area contributed by atoms with E-state index in [2.05, 4.69) is 4.98 Å². The number of rotatable bonds is 7. The highest BCUT2D eigenvalue weighted by Crippen LogP contribution is 2.29. The van der Waals surface area contributed by atoms with Crippen molar-refractivity contribution in [2.45, 2.75) is 21.7 Å². The average molecular weight is 401 g/mol. The molecule has 7 heteroatoms. The molecule has 0 atom stereocenters. The highest BCUT2D eigenvalue weighted by Gasteiger charge is 2.23.